The molecule has 0 aliphatic heterocycles. The van der Waals surface area contributed by atoms with Gasteiger partial charge in [0.2, 0.25) is 0 Å². The quantitative estimate of drug-likeness (QED) is 0.421. The average Bonchev–Trinajstić information content (AvgIpc) is 3.26. The molecule has 2 aromatic carbocycles. The molecular weight excluding hydrogens is 416 g/mol. The number of nitrogens with one attached hydrogen (secondary N) is 1. The van der Waals surface area contributed by atoms with Crippen LogP contribution in [0.15, 0.2) is 47.8 Å². The van der Waals surface area contributed by atoms with Gasteiger partial charge in [-0.3, -0.25) is 4.79 Å². The van der Waals surface area contributed by atoms with Gasteiger partial charge < -0.3 is 10.4 Å². The Labute approximate surface area is 173 Å². The number of carbonyl (C=O) groups excluding carboxylic acids is 1. The first-order valence-corrected chi connectivity index (χ1v) is 10.3. The van der Waals surface area contributed by atoms with Gasteiger partial charge in [0.15, 0.2) is 5.01 Å². The van der Waals surface area contributed by atoms with Gasteiger partial charge in [0, 0.05) is 16.0 Å². The van der Waals surface area contributed by atoms with Crippen LogP contribution in [0.3, 0.4) is 0 Å². The molecule has 0 saturated heterocycles. The molecule has 0 bridgehead atoms. The lowest BCUT2D eigenvalue weighted by atomic mass is 10.0. The zero-order valence-corrected chi connectivity index (χ0v) is 16.9. The Morgan fingerprint density at radius 2 is 1.89 bits per heavy atom. The van der Waals surface area contributed by atoms with E-state index in [0.29, 0.717) is 21.2 Å². The second-order valence-electron chi connectivity index (χ2n) is 6.11. The molecule has 0 aliphatic carbocycles. The van der Waals surface area contributed by atoms with Crippen LogP contribution in [0.5, 0.6) is 0 Å². The zero-order valence-electron chi connectivity index (χ0n) is 14.5. The van der Waals surface area contributed by atoms with E-state index in [4.69, 9.17) is 11.6 Å². The minimum Gasteiger partial charge on any atom is -0.478 e. The summed E-state index contributed by atoms with van der Waals surface area (Å²) in [4.78, 5) is 28.9. The third-order valence-electron chi connectivity index (χ3n) is 4.12. The van der Waals surface area contributed by atoms with Crippen molar-refractivity contribution in [3.63, 3.8) is 0 Å². The number of thiophene rings is 1. The van der Waals surface area contributed by atoms with Gasteiger partial charge in [-0.15, -0.1) is 22.7 Å². The summed E-state index contributed by atoms with van der Waals surface area (Å²) in [5, 5.41) is 15.2. The lowest BCUT2D eigenvalue weighted by molar-refractivity contribution is 0.0699. The van der Waals surface area contributed by atoms with E-state index < -0.39 is 11.9 Å². The molecule has 2 N–H and O–H groups in total. The number of anilines is 1. The maximum Gasteiger partial charge on any atom is 0.339 e. The number of nitrogens with zero attached hydrogens (tertiary/aromatic N) is 1. The fourth-order valence-corrected chi connectivity index (χ4v) is 4.72. The standard InChI is InChI=1S/C20H13ClN2O3S2/c1-10-2-7-15-14(8-10)22-19(28-15)17(24)23-18-16(20(25)26)13(9-27-18)11-3-5-12(21)6-4-11/h2-9H,1H3,(H,23,24)(H,25,26). The summed E-state index contributed by atoms with van der Waals surface area (Å²) >= 11 is 8.35. The maximum absolute atomic E-state index is 12.7. The Morgan fingerprint density at radius 3 is 2.61 bits per heavy atom. The largest absolute Gasteiger partial charge is 0.478 e. The number of hydrogen-bond acceptors (Lipinski definition) is 5. The van der Waals surface area contributed by atoms with Crippen LogP contribution in [-0.2, 0) is 0 Å². The lowest BCUT2D eigenvalue weighted by Crippen LogP contribution is -2.13. The highest BCUT2D eigenvalue weighted by molar-refractivity contribution is 7.20. The summed E-state index contributed by atoms with van der Waals surface area (Å²) in [7, 11) is 0. The molecule has 0 radical (unpaired) electrons. The zero-order chi connectivity index (χ0) is 19.8. The highest BCUT2D eigenvalue weighted by atomic mass is 35.5. The Hall–Kier alpha value is -2.74. The van der Waals surface area contributed by atoms with Gasteiger partial charge in [-0.25, -0.2) is 9.78 Å². The van der Waals surface area contributed by atoms with Crippen LogP contribution in [-0.4, -0.2) is 22.0 Å². The van der Waals surface area contributed by atoms with Gasteiger partial charge in [0.1, 0.15) is 10.6 Å². The second-order valence-corrected chi connectivity index (χ2v) is 8.46. The lowest BCUT2D eigenvalue weighted by Gasteiger charge is -2.05. The molecule has 0 spiro atoms. The van der Waals surface area contributed by atoms with Crippen molar-refractivity contribution < 1.29 is 14.7 Å². The number of carboxylic acids is 1. The molecule has 8 heteroatoms. The van der Waals surface area contributed by atoms with Gasteiger partial charge >= 0.3 is 5.97 Å². The summed E-state index contributed by atoms with van der Waals surface area (Å²) in [6, 6.07) is 12.7. The molecule has 0 aliphatic rings. The predicted octanol–water partition coefficient (Wildman–Crippen LogP) is 5.94. The molecule has 5 nitrogen and oxygen atoms in total. The van der Waals surface area contributed by atoms with E-state index in [0.717, 1.165) is 15.8 Å². The minimum absolute atomic E-state index is 0.0534. The molecule has 0 unspecified atom stereocenters. The van der Waals surface area contributed by atoms with Crippen molar-refractivity contribution >= 4 is 61.4 Å². The van der Waals surface area contributed by atoms with Crippen molar-refractivity contribution in [2.24, 2.45) is 0 Å². The monoisotopic (exact) mass is 428 g/mol. The van der Waals surface area contributed by atoms with Gasteiger partial charge in [-0.1, -0.05) is 29.8 Å². The van der Waals surface area contributed by atoms with Crippen LogP contribution < -0.4 is 5.32 Å². The molecule has 0 saturated carbocycles. The molecule has 4 rings (SSSR count). The topological polar surface area (TPSA) is 79.3 Å². The molecule has 0 atom stereocenters. The number of rotatable bonds is 4. The number of fused-ring (bicyclic) bond motifs is 1. The summed E-state index contributed by atoms with van der Waals surface area (Å²) in [6.45, 7) is 1.96. The Morgan fingerprint density at radius 1 is 1.14 bits per heavy atom. The van der Waals surface area contributed by atoms with E-state index in [1.807, 2.05) is 25.1 Å². The van der Waals surface area contributed by atoms with Crippen molar-refractivity contribution in [3.05, 3.63) is 69.0 Å². The number of aryl methyl sites for hydroxylation is 1. The molecule has 0 fully saturated rings. The first-order chi connectivity index (χ1) is 13.4. The summed E-state index contributed by atoms with van der Waals surface area (Å²) in [5.41, 5.74) is 3.11. The molecule has 28 heavy (non-hydrogen) atoms. The van der Waals surface area contributed by atoms with Crippen molar-refractivity contribution in [1.82, 2.24) is 4.98 Å². The number of halogens is 1. The minimum atomic E-state index is -1.11. The Bertz CT molecular complexity index is 1210. The summed E-state index contributed by atoms with van der Waals surface area (Å²) in [5.74, 6) is -1.53. The number of thiazole rings is 1. The summed E-state index contributed by atoms with van der Waals surface area (Å²) in [6.07, 6.45) is 0. The third-order valence-corrected chi connectivity index (χ3v) is 6.31. The van der Waals surface area contributed by atoms with Gasteiger partial charge in [0.25, 0.3) is 5.91 Å². The predicted molar refractivity (Wildman–Crippen MR) is 114 cm³/mol. The average molecular weight is 429 g/mol. The Kier molecular flexibility index (Phi) is 4.89. The number of carbonyl (C=O) groups is 2. The number of amides is 1. The fraction of sp³-hybridized carbons (Fsp3) is 0.0500. The molecule has 1 amide bonds. The summed E-state index contributed by atoms with van der Waals surface area (Å²) < 4.78 is 0.905. The van der Waals surface area contributed by atoms with E-state index in [-0.39, 0.29) is 10.6 Å². The normalized spacial score (nSPS) is 10.9. The van der Waals surface area contributed by atoms with Gasteiger partial charge in [0.05, 0.1) is 10.2 Å². The van der Waals surface area contributed by atoms with Crippen LogP contribution >= 0.6 is 34.3 Å². The number of carboxylic acid groups (broad SMARTS) is 1. The molecule has 2 aromatic heterocycles. The van der Waals surface area contributed by atoms with Crippen LogP contribution in [0.1, 0.15) is 25.7 Å². The molecule has 2 heterocycles. The van der Waals surface area contributed by atoms with Gasteiger partial charge in [-0.2, -0.15) is 0 Å². The first kappa shape index (κ1) is 18.6. The van der Waals surface area contributed by atoms with Crippen LogP contribution in [0.4, 0.5) is 5.00 Å². The van der Waals surface area contributed by atoms with Crippen molar-refractivity contribution in [1.29, 1.82) is 0 Å². The Balaban J connectivity index is 1.67. The number of aromatic nitrogens is 1. The van der Waals surface area contributed by atoms with E-state index in [1.165, 1.54) is 22.7 Å². The maximum atomic E-state index is 12.7. The highest BCUT2D eigenvalue weighted by Gasteiger charge is 2.22. The van der Waals surface area contributed by atoms with Crippen molar-refractivity contribution in [2.45, 2.75) is 6.92 Å². The molecule has 4 aromatic rings. The van der Waals surface area contributed by atoms with Crippen LogP contribution in [0.25, 0.3) is 21.3 Å². The second kappa shape index (κ2) is 7.35. The van der Waals surface area contributed by atoms with E-state index in [1.54, 1.807) is 29.6 Å². The molecular formula is C20H13ClN2O3S2. The van der Waals surface area contributed by atoms with Crippen molar-refractivity contribution in [2.75, 3.05) is 5.32 Å². The highest BCUT2D eigenvalue weighted by Crippen LogP contribution is 2.36. The van der Waals surface area contributed by atoms with E-state index >= 15 is 0 Å². The molecule has 140 valence electrons. The fourth-order valence-electron chi connectivity index (χ4n) is 2.80. The number of hydrogen-bond donors (Lipinski definition) is 2. The number of benzene rings is 2. The van der Waals surface area contributed by atoms with Crippen molar-refractivity contribution in [3.8, 4) is 11.1 Å². The first-order valence-electron chi connectivity index (χ1n) is 8.21. The van der Waals surface area contributed by atoms with Gasteiger partial charge in [-0.05, 0) is 42.3 Å². The van der Waals surface area contributed by atoms with E-state index in [2.05, 4.69) is 10.3 Å². The third kappa shape index (κ3) is 3.52. The van der Waals surface area contributed by atoms with E-state index in [9.17, 15) is 14.7 Å². The van der Waals surface area contributed by atoms with Crippen LogP contribution in [0, 0.1) is 6.92 Å². The SMILES string of the molecule is Cc1ccc2sc(C(=O)Nc3scc(-c4ccc(Cl)cc4)c3C(=O)O)nc2c1. The smallest absolute Gasteiger partial charge is 0.339 e. The van der Waals surface area contributed by atoms with Crippen LogP contribution in [0.2, 0.25) is 5.02 Å². The number of aromatic carboxylic acids is 1.